The van der Waals surface area contributed by atoms with Gasteiger partial charge in [0.1, 0.15) is 5.76 Å². The maximum atomic E-state index is 12.3. The summed E-state index contributed by atoms with van der Waals surface area (Å²) in [5, 5.41) is 2.46. The largest absolute Gasteiger partial charge is 0.469 e. The predicted octanol–water partition coefficient (Wildman–Crippen LogP) is 1.35. The minimum atomic E-state index is -3.07. The van der Waals surface area contributed by atoms with Crippen LogP contribution in [0.3, 0.4) is 0 Å². The van der Waals surface area contributed by atoms with Crippen LogP contribution in [0.2, 0.25) is 0 Å². The highest BCUT2D eigenvalue weighted by Gasteiger charge is 2.44. The van der Waals surface area contributed by atoms with Crippen LogP contribution >= 0.6 is 0 Å². The molecule has 1 aromatic heterocycles. The maximum Gasteiger partial charge on any atom is 0.317 e. The fraction of sp³-hybridized carbons (Fsp3) is 0.643. The van der Waals surface area contributed by atoms with Crippen molar-refractivity contribution >= 4 is 15.9 Å². The van der Waals surface area contributed by atoms with Crippen LogP contribution in [0.5, 0.6) is 0 Å². The fourth-order valence-corrected chi connectivity index (χ4v) is 4.44. The van der Waals surface area contributed by atoms with Crippen molar-refractivity contribution in [3.05, 3.63) is 24.2 Å². The monoisotopic (exact) mass is 312 g/mol. The number of hydrogen-bond donors (Lipinski definition) is 1. The first kappa shape index (κ1) is 14.4. The summed E-state index contributed by atoms with van der Waals surface area (Å²) in [5.74, 6) is 1.17. The molecule has 116 valence electrons. The minimum absolute atomic E-state index is 0.0399. The van der Waals surface area contributed by atoms with Crippen LogP contribution in [-0.4, -0.2) is 49.0 Å². The SMILES string of the molecule is CC1C(C)S(=O)(=O)CCN1C(=O)N[C@@H]1C[C@H]1c1ccco1. The molecule has 2 amide bonds. The number of nitrogens with zero attached hydrogens (tertiary/aromatic N) is 1. The number of hydrogen-bond acceptors (Lipinski definition) is 4. The molecule has 2 heterocycles. The lowest BCUT2D eigenvalue weighted by molar-refractivity contribution is 0.177. The molecule has 0 aromatic carbocycles. The number of urea groups is 1. The zero-order valence-corrected chi connectivity index (χ0v) is 13.0. The van der Waals surface area contributed by atoms with Gasteiger partial charge in [-0.1, -0.05) is 0 Å². The molecule has 0 spiro atoms. The van der Waals surface area contributed by atoms with Crippen LogP contribution in [0.25, 0.3) is 0 Å². The summed E-state index contributed by atoms with van der Waals surface area (Å²) in [6, 6.07) is 3.36. The third-order valence-electron chi connectivity index (χ3n) is 4.62. The van der Waals surface area contributed by atoms with E-state index in [9.17, 15) is 13.2 Å². The van der Waals surface area contributed by atoms with Crippen molar-refractivity contribution in [1.82, 2.24) is 10.2 Å². The highest BCUT2D eigenvalue weighted by atomic mass is 32.2. The summed E-state index contributed by atoms with van der Waals surface area (Å²) in [6.07, 6.45) is 2.50. The van der Waals surface area contributed by atoms with Crippen LogP contribution in [0.1, 0.15) is 31.9 Å². The molecule has 0 bridgehead atoms. The third-order valence-corrected chi connectivity index (χ3v) is 6.90. The topological polar surface area (TPSA) is 79.6 Å². The third kappa shape index (κ3) is 2.66. The van der Waals surface area contributed by atoms with Crippen molar-refractivity contribution < 1.29 is 17.6 Å². The van der Waals surface area contributed by atoms with Gasteiger partial charge in [0.25, 0.3) is 0 Å². The Balaban J connectivity index is 1.60. The van der Waals surface area contributed by atoms with E-state index in [1.165, 1.54) is 0 Å². The van der Waals surface area contributed by atoms with Gasteiger partial charge >= 0.3 is 6.03 Å². The molecule has 1 saturated heterocycles. The molecular weight excluding hydrogens is 292 g/mol. The van der Waals surface area contributed by atoms with Crippen molar-refractivity contribution in [3.63, 3.8) is 0 Å². The molecule has 1 saturated carbocycles. The second kappa shape index (κ2) is 5.05. The summed E-state index contributed by atoms with van der Waals surface area (Å²) in [6.45, 7) is 3.72. The lowest BCUT2D eigenvalue weighted by atomic mass is 10.2. The van der Waals surface area contributed by atoms with Gasteiger partial charge < -0.3 is 14.6 Å². The van der Waals surface area contributed by atoms with Crippen LogP contribution in [-0.2, 0) is 9.84 Å². The van der Waals surface area contributed by atoms with Gasteiger partial charge in [0, 0.05) is 24.5 Å². The van der Waals surface area contributed by atoms with Gasteiger partial charge in [-0.2, -0.15) is 0 Å². The van der Waals surface area contributed by atoms with Crippen LogP contribution in [0.15, 0.2) is 22.8 Å². The Morgan fingerprint density at radius 1 is 1.43 bits per heavy atom. The highest BCUT2D eigenvalue weighted by Crippen LogP contribution is 2.41. The van der Waals surface area contributed by atoms with E-state index in [0.29, 0.717) is 0 Å². The van der Waals surface area contributed by atoms with Gasteiger partial charge in [-0.15, -0.1) is 0 Å². The minimum Gasteiger partial charge on any atom is -0.469 e. The summed E-state index contributed by atoms with van der Waals surface area (Å²) in [7, 11) is -3.07. The average Bonchev–Trinajstić information content (AvgIpc) is 2.98. The van der Waals surface area contributed by atoms with Gasteiger partial charge in [-0.3, -0.25) is 0 Å². The first-order chi connectivity index (χ1) is 9.90. The second-order valence-corrected chi connectivity index (χ2v) is 8.40. The quantitative estimate of drug-likeness (QED) is 0.894. The Hall–Kier alpha value is -1.50. The van der Waals surface area contributed by atoms with E-state index in [4.69, 9.17) is 4.42 Å². The van der Waals surface area contributed by atoms with E-state index in [0.717, 1.165) is 12.2 Å². The molecule has 6 nitrogen and oxygen atoms in total. The number of furan rings is 1. The van der Waals surface area contributed by atoms with E-state index in [-0.39, 0.29) is 36.3 Å². The number of amides is 2. The lowest BCUT2D eigenvalue weighted by Gasteiger charge is -2.37. The van der Waals surface area contributed by atoms with E-state index >= 15 is 0 Å². The first-order valence-electron chi connectivity index (χ1n) is 7.22. The molecule has 4 atom stereocenters. The summed E-state index contributed by atoms with van der Waals surface area (Å²) in [5.41, 5.74) is 0. The predicted molar refractivity (Wildman–Crippen MR) is 77.8 cm³/mol. The molecule has 7 heteroatoms. The number of rotatable bonds is 2. The fourth-order valence-electron chi connectivity index (χ4n) is 2.87. The molecule has 21 heavy (non-hydrogen) atoms. The number of nitrogens with one attached hydrogen (secondary N) is 1. The second-order valence-electron chi connectivity index (χ2n) is 5.92. The molecule has 2 aliphatic rings. The molecule has 1 aromatic rings. The van der Waals surface area contributed by atoms with Gasteiger partial charge in [0.2, 0.25) is 0 Å². The Kier molecular flexibility index (Phi) is 3.47. The van der Waals surface area contributed by atoms with Gasteiger partial charge in [0.05, 0.1) is 17.3 Å². The molecule has 0 radical (unpaired) electrons. The molecule has 2 unspecified atom stereocenters. The Morgan fingerprint density at radius 3 is 2.86 bits per heavy atom. The van der Waals surface area contributed by atoms with E-state index in [1.807, 2.05) is 12.1 Å². The molecule has 2 fully saturated rings. The zero-order valence-electron chi connectivity index (χ0n) is 12.2. The summed E-state index contributed by atoms with van der Waals surface area (Å²) < 4.78 is 29.0. The van der Waals surface area contributed by atoms with Gasteiger partial charge in [-0.25, -0.2) is 13.2 Å². The summed E-state index contributed by atoms with van der Waals surface area (Å²) in [4.78, 5) is 13.9. The molecular formula is C14H20N2O4S. The summed E-state index contributed by atoms with van der Waals surface area (Å²) >= 11 is 0. The molecule has 3 rings (SSSR count). The number of sulfone groups is 1. The first-order valence-corrected chi connectivity index (χ1v) is 8.94. The van der Waals surface area contributed by atoms with E-state index in [2.05, 4.69) is 5.32 Å². The van der Waals surface area contributed by atoms with Crippen molar-refractivity contribution in [2.24, 2.45) is 0 Å². The number of carbonyl (C=O) groups excluding carboxylic acids is 1. The molecule has 1 aliphatic carbocycles. The van der Waals surface area contributed by atoms with Crippen molar-refractivity contribution in [3.8, 4) is 0 Å². The van der Waals surface area contributed by atoms with E-state index < -0.39 is 15.1 Å². The van der Waals surface area contributed by atoms with Crippen molar-refractivity contribution in [2.75, 3.05) is 12.3 Å². The van der Waals surface area contributed by atoms with Crippen molar-refractivity contribution in [2.45, 2.75) is 43.5 Å². The Labute approximate surface area is 124 Å². The Bertz CT molecular complexity index is 625. The highest BCUT2D eigenvalue weighted by molar-refractivity contribution is 7.92. The smallest absolute Gasteiger partial charge is 0.317 e. The van der Waals surface area contributed by atoms with Crippen LogP contribution < -0.4 is 5.32 Å². The maximum absolute atomic E-state index is 12.3. The lowest BCUT2D eigenvalue weighted by Crippen LogP contribution is -2.57. The normalized spacial score (nSPS) is 34.5. The molecule has 1 aliphatic heterocycles. The van der Waals surface area contributed by atoms with E-state index in [1.54, 1.807) is 25.0 Å². The average molecular weight is 312 g/mol. The Morgan fingerprint density at radius 2 is 2.19 bits per heavy atom. The van der Waals surface area contributed by atoms with Crippen LogP contribution in [0.4, 0.5) is 4.79 Å². The standard InChI is InChI=1S/C14H20N2O4S/c1-9-10(2)21(18,19)7-5-16(9)14(17)15-12-8-11(12)13-4-3-6-20-13/h3-4,6,9-12H,5,7-8H2,1-2H3,(H,15,17)/t9?,10?,11-,12-/m1/s1. The van der Waals surface area contributed by atoms with Gasteiger partial charge in [0.15, 0.2) is 9.84 Å². The zero-order chi connectivity index (χ0) is 15.2. The van der Waals surface area contributed by atoms with Crippen LogP contribution in [0, 0.1) is 0 Å². The molecule has 1 N–H and O–H groups in total. The number of carbonyl (C=O) groups is 1. The van der Waals surface area contributed by atoms with Gasteiger partial charge in [-0.05, 0) is 32.4 Å². The van der Waals surface area contributed by atoms with Crippen molar-refractivity contribution in [1.29, 1.82) is 0 Å².